The number of methoxy groups -OCH3 is 2. The second kappa shape index (κ2) is 8.63. The highest BCUT2D eigenvalue weighted by Crippen LogP contribution is 2.30. The molecule has 0 unspecified atom stereocenters. The molecule has 0 saturated carbocycles. The van der Waals surface area contributed by atoms with E-state index in [1.807, 2.05) is 25.1 Å². The average molecular weight is 398 g/mol. The zero-order valence-electron chi connectivity index (χ0n) is 15.7. The van der Waals surface area contributed by atoms with Crippen molar-refractivity contribution in [1.82, 2.24) is 4.98 Å². The molecule has 6 nitrogen and oxygen atoms in total. The molecule has 3 rings (SSSR count). The van der Waals surface area contributed by atoms with Gasteiger partial charge in [-0.25, -0.2) is 4.98 Å². The zero-order chi connectivity index (χ0) is 20.1. The van der Waals surface area contributed by atoms with Gasteiger partial charge in [-0.05, 0) is 48.9 Å². The normalized spacial score (nSPS) is 10.3. The number of carbonyl (C=O) groups excluding carboxylic acids is 1. The van der Waals surface area contributed by atoms with E-state index in [2.05, 4.69) is 15.6 Å². The number of anilines is 3. The van der Waals surface area contributed by atoms with Crippen molar-refractivity contribution in [1.29, 1.82) is 0 Å². The quantitative estimate of drug-likeness (QED) is 0.608. The summed E-state index contributed by atoms with van der Waals surface area (Å²) in [5.74, 6) is 1.40. The summed E-state index contributed by atoms with van der Waals surface area (Å²) in [5, 5.41) is 6.65. The van der Waals surface area contributed by atoms with Gasteiger partial charge in [0.15, 0.2) is 11.5 Å². The van der Waals surface area contributed by atoms with Crippen LogP contribution in [0.2, 0.25) is 5.02 Å². The van der Waals surface area contributed by atoms with E-state index in [-0.39, 0.29) is 5.91 Å². The number of carbonyl (C=O) groups is 1. The van der Waals surface area contributed by atoms with E-state index >= 15 is 0 Å². The van der Waals surface area contributed by atoms with Crippen LogP contribution in [0.15, 0.2) is 54.7 Å². The summed E-state index contributed by atoms with van der Waals surface area (Å²) in [4.78, 5) is 16.9. The van der Waals surface area contributed by atoms with E-state index in [4.69, 9.17) is 21.1 Å². The summed E-state index contributed by atoms with van der Waals surface area (Å²) in [6.07, 6.45) is 1.57. The van der Waals surface area contributed by atoms with Crippen molar-refractivity contribution < 1.29 is 14.3 Å². The minimum atomic E-state index is -0.264. The van der Waals surface area contributed by atoms with Crippen LogP contribution in [-0.2, 0) is 0 Å². The number of benzene rings is 2. The monoisotopic (exact) mass is 397 g/mol. The Labute approximate surface area is 168 Å². The first-order valence-corrected chi connectivity index (χ1v) is 8.90. The SMILES string of the molecule is COc1ccc(NC(=O)c2ccnc(Nc3ccc(C)c(Cl)c3)c2)cc1OC. The molecular weight excluding hydrogens is 378 g/mol. The van der Waals surface area contributed by atoms with Crippen LogP contribution in [0, 0.1) is 6.92 Å². The molecule has 0 spiro atoms. The molecule has 0 saturated heterocycles. The number of nitrogens with zero attached hydrogens (tertiary/aromatic N) is 1. The molecule has 7 heteroatoms. The van der Waals surface area contributed by atoms with E-state index in [0.29, 0.717) is 33.6 Å². The van der Waals surface area contributed by atoms with Crippen molar-refractivity contribution in [3.8, 4) is 11.5 Å². The molecule has 0 aliphatic carbocycles. The maximum Gasteiger partial charge on any atom is 0.255 e. The van der Waals surface area contributed by atoms with Crippen LogP contribution >= 0.6 is 11.6 Å². The standard InChI is InChI=1S/C21H20ClN3O3/c1-13-4-5-15(11-17(13)22)24-20-10-14(8-9-23-20)21(26)25-16-6-7-18(27-2)19(12-16)28-3/h4-12H,1-3H3,(H,23,24)(H,25,26). The zero-order valence-corrected chi connectivity index (χ0v) is 16.5. The van der Waals surface area contributed by atoms with Crippen molar-refractivity contribution in [2.24, 2.45) is 0 Å². The number of amides is 1. The lowest BCUT2D eigenvalue weighted by Crippen LogP contribution is -2.12. The molecule has 0 radical (unpaired) electrons. The predicted octanol–water partition coefficient (Wildman–Crippen LogP) is 5.06. The lowest BCUT2D eigenvalue weighted by molar-refractivity contribution is 0.102. The summed E-state index contributed by atoms with van der Waals surface area (Å²) in [5.41, 5.74) is 2.84. The molecule has 28 heavy (non-hydrogen) atoms. The summed E-state index contributed by atoms with van der Waals surface area (Å²) in [6.45, 7) is 1.93. The van der Waals surface area contributed by atoms with Crippen LogP contribution in [0.4, 0.5) is 17.2 Å². The molecule has 1 heterocycles. The fourth-order valence-electron chi connectivity index (χ4n) is 2.58. The number of halogens is 1. The molecule has 0 bridgehead atoms. The lowest BCUT2D eigenvalue weighted by atomic mass is 10.2. The largest absolute Gasteiger partial charge is 0.493 e. The van der Waals surface area contributed by atoms with Gasteiger partial charge in [0.05, 0.1) is 14.2 Å². The number of ether oxygens (including phenoxy) is 2. The average Bonchev–Trinajstić information content (AvgIpc) is 2.71. The van der Waals surface area contributed by atoms with E-state index in [1.54, 1.807) is 50.7 Å². The van der Waals surface area contributed by atoms with Crippen LogP contribution in [0.3, 0.4) is 0 Å². The van der Waals surface area contributed by atoms with Crippen molar-refractivity contribution in [2.75, 3.05) is 24.9 Å². The Kier molecular flexibility index (Phi) is 6.01. The summed E-state index contributed by atoms with van der Waals surface area (Å²) in [6, 6.07) is 14.1. The maximum absolute atomic E-state index is 12.6. The summed E-state index contributed by atoms with van der Waals surface area (Å²) in [7, 11) is 3.10. The fraction of sp³-hybridized carbons (Fsp3) is 0.143. The molecule has 144 valence electrons. The smallest absolute Gasteiger partial charge is 0.255 e. The Morgan fingerprint density at radius 2 is 1.71 bits per heavy atom. The molecule has 0 aliphatic rings. The van der Waals surface area contributed by atoms with Crippen molar-refractivity contribution in [3.63, 3.8) is 0 Å². The maximum atomic E-state index is 12.6. The first kappa shape index (κ1) is 19.5. The van der Waals surface area contributed by atoms with Gasteiger partial charge in [-0.1, -0.05) is 17.7 Å². The van der Waals surface area contributed by atoms with Crippen LogP contribution in [0.5, 0.6) is 11.5 Å². The van der Waals surface area contributed by atoms with Gasteiger partial charge in [0, 0.05) is 34.2 Å². The summed E-state index contributed by atoms with van der Waals surface area (Å²) >= 11 is 6.15. The van der Waals surface area contributed by atoms with Gasteiger partial charge >= 0.3 is 0 Å². The van der Waals surface area contributed by atoms with E-state index in [0.717, 1.165) is 11.3 Å². The third kappa shape index (κ3) is 4.53. The van der Waals surface area contributed by atoms with E-state index in [9.17, 15) is 4.79 Å². The number of aryl methyl sites for hydroxylation is 1. The lowest BCUT2D eigenvalue weighted by Gasteiger charge is -2.11. The Balaban J connectivity index is 1.76. The van der Waals surface area contributed by atoms with Gasteiger partial charge in [0.2, 0.25) is 0 Å². The van der Waals surface area contributed by atoms with Gasteiger partial charge in [0.1, 0.15) is 5.82 Å². The van der Waals surface area contributed by atoms with Crippen LogP contribution in [-0.4, -0.2) is 25.1 Å². The molecule has 1 aromatic heterocycles. The topological polar surface area (TPSA) is 72.5 Å². The van der Waals surface area contributed by atoms with Gasteiger partial charge in [0.25, 0.3) is 5.91 Å². The molecule has 3 aromatic rings. The third-order valence-electron chi connectivity index (χ3n) is 4.11. The first-order valence-electron chi connectivity index (χ1n) is 8.53. The van der Waals surface area contributed by atoms with Crippen LogP contribution in [0.25, 0.3) is 0 Å². The molecule has 0 atom stereocenters. The van der Waals surface area contributed by atoms with E-state index < -0.39 is 0 Å². The molecule has 2 N–H and O–H groups in total. The number of rotatable bonds is 6. The molecular formula is C21H20ClN3O3. The Morgan fingerprint density at radius 3 is 2.43 bits per heavy atom. The molecule has 0 aliphatic heterocycles. The van der Waals surface area contributed by atoms with E-state index in [1.165, 1.54) is 0 Å². The van der Waals surface area contributed by atoms with Gasteiger partial charge in [-0.2, -0.15) is 0 Å². The highest BCUT2D eigenvalue weighted by molar-refractivity contribution is 6.31. The number of pyridine rings is 1. The minimum absolute atomic E-state index is 0.264. The number of hydrogen-bond donors (Lipinski definition) is 2. The second-order valence-electron chi connectivity index (χ2n) is 6.04. The molecule has 1 amide bonds. The fourth-order valence-corrected chi connectivity index (χ4v) is 2.76. The molecule has 0 fully saturated rings. The van der Waals surface area contributed by atoms with Crippen LogP contribution in [0.1, 0.15) is 15.9 Å². The van der Waals surface area contributed by atoms with Crippen molar-refractivity contribution in [3.05, 3.63) is 70.9 Å². The Hall–Kier alpha value is -3.25. The van der Waals surface area contributed by atoms with Gasteiger partial charge < -0.3 is 20.1 Å². The Bertz CT molecular complexity index is 1010. The predicted molar refractivity (Wildman–Crippen MR) is 111 cm³/mol. The highest BCUT2D eigenvalue weighted by atomic mass is 35.5. The number of hydrogen-bond acceptors (Lipinski definition) is 5. The molecule has 2 aromatic carbocycles. The van der Waals surface area contributed by atoms with Crippen molar-refractivity contribution >= 4 is 34.7 Å². The minimum Gasteiger partial charge on any atom is -0.493 e. The Morgan fingerprint density at radius 1 is 0.964 bits per heavy atom. The highest BCUT2D eigenvalue weighted by Gasteiger charge is 2.10. The third-order valence-corrected chi connectivity index (χ3v) is 4.51. The van der Waals surface area contributed by atoms with Crippen molar-refractivity contribution in [2.45, 2.75) is 6.92 Å². The second-order valence-corrected chi connectivity index (χ2v) is 6.45. The first-order chi connectivity index (χ1) is 13.5. The van der Waals surface area contributed by atoms with Gasteiger partial charge in [-0.15, -0.1) is 0 Å². The number of nitrogens with one attached hydrogen (secondary N) is 2. The van der Waals surface area contributed by atoms with Crippen LogP contribution < -0.4 is 20.1 Å². The van der Waals surface area contributed by atoms with Gasteiger partial charge in [-0.3, -0.25) is 4.79 Å². The summed E-state index contributed by atoms with van der Waals surface area (Å²) < 4.78 is 10.5. The number of aromatic nitrogens is 1.